The molecular weight excluding hydrogens is 395 g/mol. The van der Waals surface area contributed by atoms with Gasteiger partial charge in [-0.1, -0.05) is 12.1 Å². The van der Waals surface area contributed by atoms with Gasteiger partial charge < -0.3 is 15.0 Å². The maximum atomic E-state index is 13.0. The van der Waals surface area contributed by atoms with Crippen molar-refractivity contribution in [3.63, 3.8) is 0 Å². The summed E-state index contributed by atoms with van der Waals surface area (Å²) >= 11 is 0. The highest BCUT2D eigenvalue weighted by molar-refractivity contribution is 5.95. The number of rotatable bonds is 5. The Hall–Kier alpha value is -3.66. The number of nitrogens with one attached hydrogen (secondary N) is 1. The van der Waals surface area contributed by atoms with E-state index in [-0.39, 0.29) is 17.6 Å². The van der Waals surface area contributed by atoms with Crippen LogP contribution in [-0.2, 0) is 11.3 Å². The summed E-state index contributed by atoms with van der Waals surface area (Å²) in [4.78, 5) is 19.2. The van der Waals surface area contributed by atoms with E-state index in [0.29, 0.717) is 43.8 Å². The Kier molecular flexibility index (Phi) is 5.99. The lowest BCUT2D eigenvalue weighted by molar-refractivity contribution is -0.125. The van der Waals surface area contributed by atoms with Crippen molar-refractivity contribution >= 4 is 22.5 Å². The highest BCUT2D eigenvalue weighted by atomic mass is 19.1. The van der Waals surface area contributed by atoms with Crippen LogP contribution in [0.15, 0.2) is 48.7 Å². The molecule has 2 aromatic carbocycles. The lowest BCUT2D eigenvalue weighted by Crippen LogP contribution is -2.40. The minimum Gasteiger partial charge on any atom is -0.497 e. The molecular formula is C24H23FN4O2. The van der Waals surface area contributed by atoms with Crippen LogP contribution in [0.25, 0.3) is 10.9 Å². The van der Waals surface area contributed by atoms with Crippen molar-refractivity contribution in [1.82, 2.24) is 10.3 Å². The fourth-order valence-electron chi connectivity index (χ4n) is 4.01. The molecule has 0 radical (unpaired) electrons. The molecule has 1 aliphatic heterocycles. The number of benzene rings is 2. The van der Waals surface area contributed by atoms with Crippen molar-refractivity contribution in [3.05, 3.63) is 65.6 Å². The monoisotopic (exact) mass is 418 g/mol. The van der Waals surface area contributed by atoms with E-state index in [9.17, 15) is 14.4 Å². The smallest absolute Gasteiger partial charge is 0.223 e. The second-order valence-electron chi connectivity index (χ2n) is 7.62. The SMILES string of the molecule is COc1ccc2ncc(C#N)c(N3CCC(C(=O)NCc4ccc(F)cc4)CC3)c2c1. The summed E-state index contributed by atoms with van der Waals surface area (Å²) in [6, 6.07) is 14.0. The summed E-state index contributed by atoms with van der Waals surface area (Å²) in [7, 11) is 1.61. The van der Waals surface area contributed by atoms with Crippen LogP contribution in [0.4, 0.5) is 10.1 Å². The fourth-order valence-corrected chi connectivity index (χ4v) is 4.01. The lowest BCUT2D eigenvalue weighted by atomic mass is 9.94. The number of hydrogen-bond acceptors (Lipinski definition) is 5. The number of fused-ring (bicyclic) bond motifs is 1. The van der Waals surface area contributed by atoms with Gasteiger partial charge >= 0.3 is 0 Å². The average molecular weight is 418 g/mol. The number of carbonyl (C=O) groups is 1. The van der Waals surface area contributed by atoms with Gasteiger partial charge in [-0.05, 0) is 48.7 Å². The third-order valence-electron chi connectivity index (χ3n) is 5.73. The van der Waals surface area contributed by atoms with E-state index in [1.165, 1.54) is 12.1 Å². The van der Waals surface area contributed by atoms with Crippen LogP contribution in [0.3, 0.4) is 0 Å². The molecule has 3 aromatic rings. The van der Waals surface area contributed by atoms with Crippen LogP contribution >= 0.6 is 0 Å². The summed E-state index contributed by atoms with van der Waals surface area (Å²) in [6.45, 7) is 1.71. The first-order valence-corrected chi connectivity index (χ1v) is 10.2. The minimum atomic E-state index is -0.291. The summed E-state index contributed by atoms with van der Waals surface area (Å²) in [5, 5.41) is 13.5. The topological polar surface area (TPSA) is 78.2 Å². The Morgan fingerprint density at radius 2 is 2.00 bits per heavy atom. The summed E-state index contributed by atoms with van der Waals surface area (Å²) in [6.07, 6.45) is 2.98. The zero-order valence-corrected chi connectivity index (χ0v) is 17.3. The third kappa shape index (κ3) is 4.43. The third-order valence-corrected chi connectivity index (χ3v) is 5.73. The van der Waals surface area contributed by atoms with E-state index in [0.717, 1.165) is 22.2 Å². The molecule has 1 aliphatic rings. The van der Waals surface area contributed by atoms with Crippen molar-refractivity contribution in [2.45, 2.75) is 19.4 Å². The van der Waals surface area contributed by atoms with Crippen molar-refractivity contribution in [2.75, 3.05) is 25.1 Å². The maximum Gasteiger partial charge on any atom is 0.223 e. The number of hydrogen-bond donors (Lipinski definition) is 1. The first-order chi connectivity index (χ1) is 15.1. The van der Waals surface area contributed by atoms with E-state index in [4.69, 9.17) is 4.74 Å². The summed E-state index contributed by atoms with van der Waals surface area (Å²) < 4.78 is 18.4. The number of pyridine rings is 1. The molecule has 0 atom stereocenters. The van der Waals surface area contributed by atoms with Gasteiger partial charge in [0.2, 0.25) is 5.91 Å². The van der Waals surface area contributed by atoms with E-state index in [1.807, 2.05) is 18.2 Å². The second kappa shape index (κ2) is 9.00. The van der Waals surface area contributed by atoms with Gasteiger partial charge in [-0.15, -0.1) is 0 Å². The number of halogens is 1. The number of piperidine rings is 1. The molecule has 0 aliphatic carbocycles. The highest BCUT2D eigenvalue weighted by Crippen LogP contribution is 2.34. The summed E-state index contributed by atoms with van der Waals surface area (Å²) in [5.41, 5.74) is 3.02. The highest BCUT2D eigenvalue weighted by Gasteiger charge is 2.27. The van der Waals surface area contributed by atoms with Crippen LogP contribution in [0.1, 0.15) is 24.0 Å². The second-order valence-corrected chi connectivity index (χ2v) is 7.62. The molecule has 6 nitrogen and oxygen atoms in total. The number of anilines is 1. The van der Waals surface area contributed by atoms with Crippen molar-refractivity contribution in [2.24, 2.45) is 5.92 Å². The molecule has 4 rings (SSSR count). The standard InChI is InChI=1S/C24H23FN4O2/c1-31-20-6-7-22-21(12-20)23(18(13-26)15-27-22)29-10-8-17(9-11-29)24(30)28-14-16-2-4-19(25)5-3-16/h2-7,12,15,17H,8-11,14H2,1H3,(H,28,30). The molecule has 0 bridgehead atoms. The zero-order valence-electron chi connectivity index (χ0n) is 17.3. The predicted molar refractivity (Wildman–Crippen MR) is 116 cm³/mol. The molecule has 2 heterocycles. The zero-order chi connectivity index (χ0) is 21.8. The molecule has 0 saturated carbocycles. The number of nitriles is 1. The van der Waals surface area contributed by atoms with Crippen LogP contribution in [0.5, 0.6) is 5.75 Å². The molecule has 1 fully saturated rings. The van der Waals surface area contributed by atoms with Gasteiger partial charge in [-0.25, -0.2) is 4.39 Å². The van der Waals surface area contributed by atoms with Gasteiger partial charge in [0.25, 0.3) is 0 Å². The quantitative estimate of drug-likeness (QED) is 0.682. The van der Waals surface area contributed by atoms with Crippen molar-refractivity contribution < 1.29 is 13.9 Å². The number of nitrogens with zero attached hydrogens (tertiary/aromatic N) is 3. The fraction of sp³-hybridized carbons (Fsp3) is 0.292. The lowest BCUT2D eigenvalue weighted by Gasteiger charge is -2.34. The number of ether oxygens (including phenoxy) is 1. The average Bonchev–Trinajstić information content (AvgIpc) is 2.82. The molecule has 7 heteroatoms. The number of methoxy groups -OCH3 is 1. The molecule has 1 N–H and O–H groups in total. The largest absolute Gasteiger partial charge is 0.497 e. The maximum absolute atomic E-state index is 13.0. The van der Waals surface area contributed by atoms with E-state index >= 15 is 0 Å². The molecule has 158 valence electrons. The normalized spacial score (nSPS) is 14.3. The summed E-state index contributed by atoms with van der Waals surface area (Å²) in [5.74, 6) is 0.330. The van der Waals surface area contributed by atoms with Crippen molar-refractivity contribution in [3.8, 4) is 11.8 Å². The van der Waals surface area contributed by atoms with Crippen LogP contribution in [0, 0.1) is 23.1 Å². The Balaban J connectivity index is 1.46. The minimum absolute atomic E-state index is 0.00531. The van der Waals surface area contributed by atoms with E-state index in [2.05, 4.69) is 21.3 Å². The van der Waals surface area contributed by atoms with Crippen LogP contribution in [-0.4, -0.2) is 31.1 Å². The van der Waals surface area contributed by atoms with Gasteiger partial charge in [0.1, 0.15) is 17.6 Å². The van der Waals surface area contributed by atoms with Crippen LogP contribution < -0.4 is 15.0 Å². The number of carbonyl (C=O) groups excluding carboxylic acids is 1. The predicted octanol–water partition coefficient (Wildman–Crippen LogP) is 3.79. The number of aromatic nitrogens is 1. The van der Waals surface area contributed by atoms with Gasteiger partial charge in [-0.2, -0.15) is 5.26 Å². The Morgan fingerprint density at radius 1 is 1.26 bits per heavy atom. The molecule has 1 amide bonds. The molecule has 0 unspecified atom stereocenters. The van der Waals surface area contributed by atoms with Gasteiger partial charge in [-0.3, -0.25) is 9.78 Å². The molecule has 1 aromatic heterocycles. The van der Waals surface area contributed by atoms with Gasteiger partial charge in [0.15, 0.2) is 0 Å². The van der Waals surface area contributed by atoms with E-state index < -0.39 is 0 Å². The Bertz CT molecular complexity index is 1130. The molecule has 31 heavy (non-hydrogen) atoms. The first-order valence-electron chi connectivity index (χ1n) is 10.2. The Morgan fingerprint density at radius 3 is 2.68 bits per heavy atom. The van der Waals surface area contributed by atoms with E-state index in [1.54, 1.807) is 25.4 Å². The number of amides is 1. The van der Waals surface area contributed by atoms with Gasteiger partial charge in [0.05, 0.1) is 23.9 Å². The first kappa shape index (κ1) is 20.6. The van der Waals surface area contributed by atoms with Crippen LogP contribution in [0.2, 0.25) is 0 Å². The molecule has 1 saturated heterocycles. The Labute approximate surface area is 180 Å². The van der Waals surface area contributed by atoms with Crippen molar-refractivity contribution in [1.29, 1.82) is 5.26 Å². The van der Waals surface area contributed by atoms with Gasteiger partial charge in [0, 0.05) is 37.1 Å². The molecule has 0 spiro atoms.